The Balaban J connectivity index is 1.72. The van der Waals surface area contributed by atoms with Gasteiger partial charge in [0.15, 0.2) is 5.76 Å². The van der Waals surface area contributed by atoms with Gasteiger partial charge in [-0.1, -0.05) is 0 Å². The maximum absolute atomic E-state index is 10.7. The average molecular weight is 328 g/mol. The molecule has 124 valence electrons. The fourth-order valence-electron chi connectivity index (χ4n) is 2.41. The maximum Gasteiger partial charge on any atom is 0.326 e. The third-order valence-electron chi connectivity index (χ3n) is 3.64. The van der Waals surface area contributed by atoms with E-state index >= 15 is 0 Å². The Kier molecular flexibility index (Phi) is 4.50. The van der Waals surface area contributed by atoms with Crippen LogP contribution in [0.5, 0.6) is 11.9 Å². The molecule has 24 heavy (non-hydrogen) atoms. The first-order chi connectivity index (χ1) is 11.7. The van der Waals surface area contributed by atoms with Gasteiger partial charge in [-0.3, -0.25) is 9.78 Å². The van der Waals surface area contributed by atoms with Gasteiger partial charge in [0, 0.05) is 31.5 Å². The van der Waals surface area contributed by atoms with Crippen molar-refractivity contribution in [3.05, 3.63) is 30.4 Å². The van der Waals surface area contributed by atoms with Gasteiger partial charge in [-0.2, -0.15) is 9.97 Å². The third-order valence-corrected chi connectivity index (χ3v) is 3.64. The Hall–Kier alpha value is -3.23. The Bertz CT molecular complexity index is 794. The molecule has 3 rings (SSSR count). The van der Waals surface area contributed by atoms with Gasteiger partial charge >= 0.3 is 6.01 Å². The number of carbonyl (C=O) groups is 1. The number of aromatic nitrogens is 3. The predicted octanol–water partition coefficient (Wildman–Crippen LogP) is 0.420. The molecule has 1 aliphatic rings. The molecule has 1 aliphatic heterocycles. The van der Waals surface area contributed by atoms with Crippen LogP contribution in [0.1, 0.15) is 6.42 Å². The first-order valence-corrected chi connectivity index (χ1v) is 7.34. The highest BCUT2D eigenvalue weighted by molar-refractivity contribution is 5.82. The molecule has 2 aromatic rings. The van der Waals surface area contributed by atoms with Crippen LogP contribution >= 0.6 is 0 Å². The Morgan fingerprint density at radius 2 is 2.38 bits per heavy atom. The molecular formula is C15H16N6O3. The molecule has 0 spiro atoms. The van der Waals surface area contributed by atoms with Crippen molar-refractivity contribution in [1.29, 1.82) is 5.41 Å². The zero-order valence-electron chi connectivity index (χ0n) is 12.7. The highest BCUT2D eigenvalue weighted by Gasteiger charge is 2.20. The van der Waals surface area contributed by atoms with Crippen LogP contribution in [0, 0.1) is 5.41 Å². The molecule has 2 aromatic heterocycles. The van der Waals surface area contributed by atoms with Crippen LogP contribution in [0.3, 0.4) is 0 Å². The lowest BCUT2D eigenvalue weighted by molar-refractivity contribution is -0.117. The number of nitrogens with one attached hydrogen (secondary N) is 2. The molecule has 1 unspecified atom stereocenters. The second-order valence-electron chi connectivity index (χ2n) is 5.27. The summed E-state index contributed by atoms with van der Waals surface area (Å²) >= 11 is 0. The summed E-state index contributed by atoms with van der Waals surface area (Å²) in [6.45, 7) is 1.30. The van der Waals surface area contributed by atoms with Crippen LogP contribution in [-0.2, 0) is 4.79 Å². The highest BCUT2D eigenvalue weighted by atomic mass is 16.5. The number of nitrogens with zero attached hydrogens (tertiary/aromatic N) is 4. The number of fused-ring (bicyclic) bond motifs is 1. The number of allylic oxidation sites excluding steroid dienone is 1. The van der Waals surface area contributed by atoms with Gasteiger partial charge in [-0.15, -0.1) is 0 Å². The number of ether oxygens (including phenoxy) is 1. The van der Waals surface area contributed by atoms with E-state index in [1.165, 1.54) is 18.6 Å². The molecule has 9 heteroatoms. The number of amides is 1. The molecule has 0 radical (unpaired) electrons. The molecule has 1 saturated heterocycles. The number of hydrogen-bond donors (Lipinski definition) is 3. The number of rotatable bonds is 6. The van der Waals surface area contributed by atoms with Gasteiger partial charge in [0.25, 0.3) is 0 Å². The topological polar surface area (TPSA) is 124 Å². The minimum absolute atomic E-state index is 0.0783. The van der Waals surface area contributed by atoms with Crippen molar-refractivity contribution in [2.45, 2.75) is 12.5 Å². The second-order valence-corrected chi connectivity index (χ2v) is 5.27. The van der Waals surface area contributed by atoms with E-state index in [9.17, 15) is 9.90 Å². The molecular weight excluding hydrogens is 312 g/mol. The zero-order chi connectivity index (χ0) is 16.9. The van der Waals surface area contributed by atoms with Crippen molar-refractivity contribution in [2.75, 3.05) is 13.1 Å². The largest absolute Gasteiger partial charge is 0.493 e. The maximum atomic E-state index is 10.7. The Labute approximate surface area is 137 Å². The van der Waals surface area contributed by atoms with Gasteiger partial charge in [-0.25, -0.2) is 0 Å². The van der Waals surface area contributed by atoms with Crippen molar-refractivity contribution in [3.63, 3.8) is 0 Å². The van der Waals surface area contributed by atoms with Crippen LogP contribution in [0.2, 0.25) is 0 Å². The van der Waals surface area contributed by atoms with Crippen molar-refractivity contribution in [2.24, 2.45) is 0 Å². The Morgan fingerprint density at radius 1 is 1.50 bits per heavy atom. The van der Waals surface area contributed by atoms with Crippen molar-refractivity contribution >= 4 is 23.5 Å². The van der Waals surface area contributed by atoms with Gasteiger partial charge < -0.3 is 25.5 Å². The van der Waals surface area contributed by atoms with Crippen LogP contribution in [0.4, 0.5) is 0 Å². The van der Waals surface area contributed by atoms with Gasteiger partial charge in [0.05, 0.1) is 23.3 Å². The number of carbonyl (C=O) groups excluding carboxylic acids is 1. The van der Waals surface area contributed by atoms with Crippen LogP contribution in [0.25, 0.3) is 10.9 Å². The summed E-state index contributed by atoms with van der Waals surface area (Å²) in [4.78, 5) is 24.3. The molecule has 0 bridgehead atoms. The van der Waals surface area contributed by atoms with Gasteiger partial charge in [-0.05, 0) is 12.5 Å². The summed E-state index contributed by atoms with van der Waals surface area (Å²) < 4.78 is 5.43. The normalized spacial score (nSPS) is 17.8. The van der Waals surface area contributed by atoms with Crippen LogP contribution < -0.4 is 10.1 Å². The van der Waals surface area contributed by atoms with E-state index in [-0.39, 0.29) is 23.7 Å². The zero-order valence-corrected chi connectivity index (χ0v) is 12.7. The molecule has 1 amide bonds. The first-order valence-electron chi connectivity index (χ1n) is 7.34. The molecule has 0 aliphatic carbocycles. The lowest BCUT2D eigenvalue weighted by atomic mass is 10.3. The van der Waals surface area contributed by atoms with Crippen molar-refractivity contribution < 1.29 is 14.6 Å². The highest BCUT2D eigenvalue weighted by Crippen LogP contribution is 2.23. The van der Waals surface area contributed by atoms with E-state index in [4.69, 9.17) is 10.1 Å². The molecule has 3 N–H and O–H groups in total. The lowest BCUT2D eigenvalue weighted by Gasteiger charge is -2.12. The minimum Gasteiger partial charge on any atom is -0.493 e. The summed E-state index contributed by atoms with van der Waals surface area (Å²) in [6.07, 6.45) is 7.19. The van der Waals surface area contributed by atoms with E-state index < -0.39 is 0 Å². The molecule has 0 saturated carbocycles. The summed E-state index contributed by atoms with van der Waals surface area (Å²) in [5, 5.41) is 20.9. The van der Waals surface area contributed by atoms with Gasteiger partial charge in [0.1, 0.15) is 0 Å². The van der Waals surface area contributed by atoms with E-state index in [1.807, 2.05) is 0 Å². The summed E-state index contributed by atoms with van der Waals surface area (Å²) in [6, 6.07) is 1.62. The predicted molar refractivity (Wildman–Crippen MR) is 85.7 cm³/mol. The number of hydrogen-bond acceptors (Lipinski definition) is 8. The number of pyridine rings is 1. The summed E-state index contributed by atoms with van der Waals surface area (Å²) in [5.41, 5.74) is 0.440. The van der Waals surface area contributed by atoms with Crippen molar-refractivity contribution in [3.8, 4) is 11.9 Å². The van der Waals surface area contributed by atoms with Crippen LogP contribution in [0.15, 0.2) is 30.4 Å². The smallest absolute Gasteiger partial charge is 0.326 e. The monoisotopic (exact) mass is 328 g/mol. The standard InChI is InChI=1S/C15H16N6O3/c16-5-11(6-18-10-2-4-21(8-10)9-22)24-15-19-13-7-17-3-1-12(13)14(23)20-15/h1,3,5-7,9-10,16,18H,2,4,8H2,(H,19,20,23)/b11-6+,16-5?. The van der Waals surface area contributed by atoms with E-state index in [2.05, 4.69) is 20.3 Å². The van der Waals surface area contributed by atoms with E-state index in [0.717, 1.165) is 19.0 Å². The lowest BCUT2D eigenvalue weighted by Crippen LogP contribution is -2.29. The fourth-order valence-corrected chi connectivity index (χ4v) is 2.41. The fraction of sp³-hybridized carbons (Fsp3) is 0.267. The SMILES string of the molecule is N=C/C(=C\NC1CCN(C=O)C1)Oc1nc(O)c2ccncc2n1. The summed E-state index contributed by atoms with van der Waals surface area (Å²) in [5.74, 6) is -0.0331. The molecule has 0 aromatic carbocycles. The minimum atomic E-state index is -0.216. The third kappa shape index (κ3) is 3.40. The molecule has 1 fully saturated rings. The van der Waals surface area contributed by atoms with Crippen molar-refractivity contribution in [1.82, 2.24) is 25.2 Å². The number of likely N-dealkylation sites (tertiary alicyclic amines) is 1. The molecule has 3 heterocycles. The Morgan fingerprint density at radius 3 is 3.12 bits per heavy atom. The first kappa shape index (κ1) is 15.7. The summed E-state index contributed by atoms with van der Waals surface area (Å²) in [7, 11) is 0. The van der Waals surface area contributed by atoms with Gasteiger partial charge in [0.2, 0.25) is 12.3 Å². The average Bonchev–Trinajstić information content (AvgIpc) is 3.07. The second kappa shape index (κ2) is 6.90. The van der Waals surface area contributed by atoms with Crippen LogP contribution in [-0.4, -0.2) is 56.7 Å². The van der Waals surface area contributed by atoms with E-state index in [1.54, 1.807) is 11.0 Å². The molecule has 9 nitrogen and oxygen atoms in total. The molecule has 1 atom stereocenters. The quantitative estimate of drug-likeness (QED) is 0.399. The number of aromatic hydroxyl groups is 1. The van der Waals surface area contributed by atoms with E-state index in [0.29, 0.717) is 24.0 Å².